The van der Waals surface area contributed by atoms with Crippen molar-refractivity contribution >= 4 is 17.9 Å². The summed E-state index contributed by atoms with van der Waals surface area (Å²) in [5.74, 6) is -1.24. The van der Waals surface area contributed by atoms with Crippen molar-refractivity contribution in [3.8, 4) is 0 Å². The second kappa shape index (κ2) is 8.36. The van der Waals surface area contributed by atoms with Crippen LogP contribution in [0.25, 0.3) is 0 Å². The first-order valence-electron chi connectivity index (χ1n) is 7.43. The molecule has 0 fully saturated rings. The maximum absolute atomic E-state index is 12.2. The van der Waals surface area contributed by atoms with Crippen LogP contribution >= 0.6 is 0 Å². The molecule has 1 rings (SSSR count). The van der Waals surface area contributed by atoms with Gasteiger partial charge in [0.2, 0.25) is 5.41 Å². The third-order valence-electron chi connectivity index (χ3n) is 3.18. The van der Waals surface area contributed by atoms with Crippen LogP contribution in [0.4, 0.5) is 0 Å². The van der Waals surface area contributed by atoms with Crippen molar-refractivity contribution in [2.75, 3.05) is 19.8 Å². The van der Waals surface area contributed by atoms with Crippen molar-refractivity contribution < 1.29 is 33.0 Å². The fourth-order valence-electron chi connectivity index (χ4n) is 1.91. The van der Waals surface area contributed by atoms with Gasteiger partial charge in [-0.05, 0) is 32.9 Å². The van der Waals surface area contributed by atoms with Gasteiger partial charge in [0.1, 0.15) is 11.5 Å². The van der Waals surface area contributed by atoms with Gasteiger partial charge in [0.15, 0.2) is 0 Å². The molecule has 0 N–H and O–H groups in total. The van der Waals surface area contributed by atoms with Gasteiger partial charge >= 0.3 is 17.9 Å². The van der Waals surface area contributed by atoms with Gasteiger partial charge in [-0.3, -0.25) is 14.4 Å². The highest BCUT2D eigenvalue weighted by molar-refractivity contribution is 6.05. The zero-order chi connectivity index (χ0) is 17.5. The number of carbonyl (C=O) groups is 3. The van der Waals surface area contributed by atoms with Gasteiger partial charge in [0.25, 0.3) is 0 Å². The highest BCUT2D eigenvalue weighted by Crippen LogP contribution is 2.29. The molecular formula is C16H22O7. The molecule has 0 aromatic carbocycles. The summed E-state index contributed by atoms with van der Waals surface area (Å²) in [7, 11) is 0. The lowest BCUT2D eigenvalue weighted by Gasteiger charge is -2.22. The lowest BCUT2D eigenvalue weighted by molar-refractivity contribution is -0.164. The summed E-state index contributed by atoms with van der Waals surface area (Å²) in [5.41, 5.74) is -1.67. The molecule has 0 amide bonds. The van der Waals surface area contributed by atoms with Crippen LogP contribution in [0, 0.1) is 0 Å². The molecule has 7 heteroatoms. The molecule has 0 atom stereocenters. The standard InChI is InChI=1S/C16H22O7/c1-5-20-14(18)16(4,15(19)21-6-2)13-8-7-12(23-13)9-10-22-11(3)17/h7-8H,5-6,9-10H2,1-4H3. The summed E-state index contributed by atoms with van der Waals surface area (Å²) in [6.45, 7) is 6.43. The molecule has 0 radical (unpaired) electrons. The molecule has 1 heterocycles. The zero-order valence-electron chi connectivity index (χ0n) is 13.8. The van der Waals surface area contributed by atoms with E-state index in [0.717, 1.165) is 0 Å². The summed E-state index contributed by atoms with van der Waals surface area (Å²) in [5, 5.41) is 0. The topological polar surface area (TPSA) is 92.0 Å². The number of furan rings is 1. The molecule has 0 aliphatic carbocycles. The minimum atomic E-state index is -1.67. The first kappa shape index (κ1) is 18.7. The van der Waals surface area contributed by atoms with Gasteiger partial charge in [0, 0.05) is 13.3 Å². The number of esters is 3. The summed E-state index contributed by atoms with van der Waals surface area (Å²) < 4.78 is 20.4. The Morgan fingerprint density at radius 1 is 1.04 bits per heavy atom. The van der Waals surface area contributed by atoms with E-state index in [9.17, 15) is 14.4 Å². The second-order valence-corrected chi connectivity index (χ2v) is 4.92. The van der Waals surface area contributed by atoms with Crippen molar-refractivity contribution in [2.24, 2.45) is 0 Å². The molecule has 7 nitrogen and oxygen atoms in total. The highest BCUT2D eigenvalue weighted by Gasteiger charge is 2.49. The van der Waals surface area contributed by atoms with Crippen LogP contribution in [0.1, 0.15) is 39.2 Å². The van der Waals surface area contributed by atoms with Gasteiger partial charge in [-0.1, -0.05) is 0 Å². The van der Waals surface area contributed by atoms with Crippen LogP contribution in [0.15, 0.2) is 16.5 Å². The maximum Gasteiger partial charge on any atom is 0.331 e. The first-order valence-corrected chi connectivity index (χ1v) is 7.43. The molecule has 0 bridgehead atoms. The van der Waals surface area contributed by atoms with Crippen LogP contribution < -0.4 is 0 Å². The second-order valence-electron chi connectivity index (χ2n) is 4.92. The molecule has 1 aromatic heterocycles. The Bertz CT molecular complexity index is 541. The molecule has 0 unspecified atom stereocenters. The van der Waals surface area contributed by atoms with Crippen LogP contribution in [-0.2, 0) is 40.4 Å². The molecular weight excluding hydrogens is 304 g/mol. The molecule has 128 valence electrons. The van der Waals surface area contributed by atoms with E-state index in [1.165, 1.54) is 19.9 Å². The Hall–Kier alpha value is -2.31. The van der Waals surface area contributed by atoms with Crippen molar-refractivity contribution in [2.45, 2.75) is 39.5 Å². The van der Waals surface area contributed by atoms with Gasteiger partial charge in [-0.2, -0.15) is 0 Å². The number of hydrogen-bond acceptors (Lipinski definition) is 7. The van der Waals surface area contributed by atoms with Crippen LogP contribution in [0.2, 0.25) is 0 Å². The predicted molar refractivity (Wildman–Crippen MR) is 79.7 cm³/mol. The number of ether oxygens (including phenoxy) is 3. The lowest BCUT2D eigenvalue weighted by Crippen LogP contribution is -2.43. The summed E-state index contributed by atoms with van der Waals surface area (Å²) in [6, 6.07) is 3.15. The fourth-order valence-corrected chi connectivity index (χ4v) is 1.91. The minimum absolute atomic E-state index is 0.132. The average Bonchev–Trinajstić information content (AvgIpc) is 2.95. The van der Waals surface area contributed by atoms with E-state index in [1.54, 1.807) is 19.9 Å². The van der Waals surface area contributed by atoms with Crippen molar-refractivity contribution in [3.05, 3.63) is 23.7 Å². The number of rotatable bonds is 8. The fraction of sp³-hybridized carbons (Fsp3) is 0.562. The van der Waals surface area contributed by atoms with Crippen molar-refractivity contribution in [3.63, 3.8) is 0 Å². The van der Waals surface area contributed by atoms with E-state index in [-0.39, 0.29) is 31.6 Å². The zero-order valence-corrected chi connectivity index (χ0v) is 13.8. The van der Waals surface area contributed by atoms with Crippen molar-refractivity contribution in [1.82, 2.24) is 0 Å². The first-order chi connectivity index (χ1) is 10.9. The summed E-state index contributed by atoms with van der Waals surface area (Å²) in [6.07, 6.45) is 0.335. The van der Waals surface area contributed by atoms with Crippen LogP contribution in [-0.4, -0.2) is 37.7 Å². The van der Waals surface area contributed by atoms with Gasteiger partial charge < -0.3 is 18.6 Å². The highest BCUT2D eigenvalue weighted by atomic mass is 16.6. The van der Waals surface area contributed by atoms with Gasteiger partial charge in [-0.25, -0.2) is 0 Å². The molecule has 0 aliphatic heterocycles. The van der Waals surface area contributed by atoms with Crippen LogP contribution in [0.3, 0.4) is 0 Å². The Morgan fingerprint density at radius 3 is 2.09 bits per heavy atom. The van der Waals surface area contributed by atoms with E-state index in [2.05, 4.69) is 0 Å². The maximum atomic E-state index is 12.2. The van der Waals surface area contributed by atoms with E-state index in [0.29, 0.717) is 12.2 Å². The Balaban J connectivity index is 2.99. The quantitative estimate of drug-likeness (QED) is 0.408. The largest absolute Gasteiger partial charge is 0.465 e. The van der Waals surface area contributed by atoms with Crippen LogP contribution in [0.5, 0.6) is 0 Å². The van der Waals surface area contributed by atoms with Gasteiger partial charge in [-0.15, -0.1) is 0 Å². The Kier molecular flexibility index (Phi) is 6.81. The van der Waals surface area contributed by atoms with Crippen molar-refractivity contribution in [1.29, 1.82) is 0 Å². The van der Waals surface area contributed by atoms with E-state index in [1.807, 2.05) is 0 Å². The SMILES string of the molecule is CCOC(=O)C(C)(C(=O)OCC)c1ccc(CCOC(C)=O)o1. The van der Waals surface area contributed by atoms with Gasteiger partial charge in [0.05, 0.1) is 19.8 Å². The third-order valence-corrected chi connectivity index (χ3v) is 3.18. The van der Waals surface area contributed by atoms with E-state index >= 15 is 0 Å². The third kappa shape index (κ3) is 4.58. The minimum Gasteiger partial charge on any atom is -0.465 e. The average molecular weight is 326 g/mol. The molecule has 23 heavy (non-hydrogen) atoms. The Labute approximate surface area is 134 Å². The molecule has 0 saturated carbocycles. The lowest BCUT2D eigenvalue weighted by atomic mass is 9.88. The Morgan fingerprint density at radius 2 is 1.61 bits per heavy atom. The normalized spacial score (nSPS) is 11.0. The molecule has 0 aliphatic rings. The van der Waals surface area contributed by atoms with E-state index < -0.39 is 17.4 Å². The molecule has 0 saturated heterocycles. The number of carbonyl (C=O) groups excluding carboxylic acids is 3. The number of hydrogen-bond donors (Lipinski definition) is 0. The monoisotopic (exact) mass is 326 g/mol. The summed E-state index contributed by atoms with van der Waals surface area (Å²) in [4.78, 5) is 35.2. The predicted octanol–water partition coefficient (Wildman–Crippen LogP) is 1.77. The van der Waals surface area contributed by atoms with E-state index in [4.69, 9.17) is 18.6 Å². The smallest absolute Gasteiger partial charge is 0.331 e. The summed E-state index contributed by atoms with van der Waals surface area (Å²) >= 11 is 0. The molecule has 1 aromatic rings. The molecule has 0 spiro atoms.